The van der Waals surface area contributed by atoms with Crippen molar-refractivity contribution in [2.45, 2.75) is 13.3 Å². The van der Waals surface area contributed by atoms with Gasteiger partial charge in [-0.3, -0.25) is 9.89 Å². The van der Waals surface area contributed by atoms with E-state index in [0.29, 0.717) is 11.6 Å². The van der Waals surface area contributed by atoms with Crippen LogP contribution in [0.2, 0.25) is 0 Å². The lowest BCUT2D eigenvalue weighted by Gasteiger charge is -2.01. The van der Waals surface area contributed by atoms with Crippen LogP contribution in [0.1, 0.15) is 13.3 Å². The second-order valence-electron chi connectivity index (χ2n) is 2.93. The van der Waals surface area contributed by atoms with Crippen molar-refractivity contribution in [1.29, 1.82) is 0 Å². The summed E-state index contributed by atoms with van der Waals surface area (Å²) in [4.78, 5) is 19.5. The van der Waals surface area contributed by atoms with Crippen molar-refractivity contribution in [3.63, 3.8) is 0 Å². The summed E-state index contributed by atoms with van der Waals surface area (Å²) in [6, 6.07) is 1.45. The van der Waals surface area contributed by atoms with Gasteiger partial charge in [-0.2, -0.15) is 9.50 Å². The topological polar surface area (TPSA) is 75.1 Å². The van der Waals surface area contributed by atoms with Crippen molar-refractivity contribution in [1.82, 2.24) is 19.6 Å². The number of hydrogen-bond acceptors (Lipinski definition) is 4. The molecule has 14 heavy (non-hydrogen) atoms. The number of aromatic nitrogens is 4. The maximum atomic E-state index is 11.4. The Labute approximate surface area is 80.0 Å². The standard InChI is InChI=1S/C8H11N5O/c1-2-3-9-6-4-7(14)13-8(12-6)10-5-11-13/h4-5,9H,2-3H2,1H3,(H,10,11,12). The molecule has 2 heterocycles. The van der Waals surface area contributed by atoms with Crippen LogP contribution in [0.15, 0.2) is 17.2 Å². The van der Waals surface area contributed by atoms with Gasteiger partial charge in [0.25, 0.3) is 11.3 Å². The fourth-order valence-corrected chi connectivity index (χ4v) is 1.17. The molecule has 2 aromatic rings. The number of fused-ring (bicyclic) bond motifs is 1. The van der Waals surface area contributed by atoms with Gasteiger partial charge in [-0.05, 0) is 6.42 Å². The number of nitrogens with zero attached hydrogens (tertiary/aromatic N) is 3. The van der Waals surface area contributed by atoms with Crippen LogP contribution >= 0.6 is 0 Å². The Bertz CT molecular complexity index is 486. The number of anilines is 1. The Morgan fingerprint density at radius 2 is 2.50 bits per heavy atom. The van der Waals surface area contributed by atoms with Gasteiger partial charge in [0.15, 0.2) is 0 Å². The molecule has 2 aromatic heterocycles. The first-order valence-electron chi connectivity index (χ1n) is 4.48. The fourth-order valence-electron chi connectivity index (χ4n) is 1.17. The molecule has 0 saturated carbocycles. The maximum absolute atomic E-state index is 11.4. The molecule has 0 amide bonds. The van der Waals surface area contributed by atoms with Crippen LogP contribution < -0.4 is 10.9 Å². The van der Waals surface area contributed by atoms with Crippen LogP contribution in [0, 0.1) is 0 Å². The minimum atomic E-state index is -0.161. The molecule has 0 aliphatic rings. The molecule has 74 valence electrons. The zero-order valence-corrected chi connectivity index (χ0v) is 7.82. The lowest BCUT2D eigenvalue weighted by atomic mass is 10.4. The highest BCUT2D eigenvalue weighted by atomic mass is 16.1. The second kappa shape index (κ2) is 3.49. The monoisotopic (exact) mass is 193 g/mol. The Balaban J connectivity index is 2.43. The van der Waals surface area contributed by atoms with Crippen molar-refractivity contribution in [2.24, 2.45) is 0 Å². The number of rotatable bonds is 3. The zero-order valence-electron chi connectivity index (χ0n) is 7.82. The molecule has 0 radical (unpaired) electrons. The van der Waals surface area contributed by atoms with Crippen molar-refractivity contribution in [3.05, 3.63) is 22.7 Å². The molecular weight excluding hydrogens is 182 g/mol. The summed E-state index contributed by atoms with van der Waals surface area (Å²) in [7, 11) is 0. The highest BCUT2D eigenvalue weighted by Crippen LogP contribution is 1.99. The van der Waals surface area contributed by atoms with E-state index in [9.17, 15) is 4.79 Å². The van der Waals surface area contributed by atoms with Crippen LogP contribution in [-0.2, 0) is 0 Å². The van der Waals surface area contributed by atoms with Gasteiger partial charge in [-0.15, -0.1) is 0 Å². The molecule has 0 aliphatic heterocycles. The quantitative estimate of drug-likeness (QED) is 0.732. The van der Waals surface area contributed by atoms with Gasteiger partial charge in [0.1, 0.15) is 12.1 Å². The summed E-state index contributed by atoms with van der Waals surface area (Å²) in [5.41, 5.74) is -0.161. The van der Waals surface area contributed by atoms with Crippen molar-refractivity contribution < 1.29 is 0 Å². The third kappa shape index (κ3) is 1.46. The smallest absolute Gasteiger partial charge is 0.276 e. The normalized spacial score (nSPS) is 10.6. The molecule has 0 saturated heterocycles. The molecule has 0 aliphatic carbocycles. The summed E-state index contributed by atoms with van der Waals surface area (Å²) >= 11 is 0. The maximum Gasteiger partial charge on any atom is 0.276 e. The van der Waals surface area contributed by atoms with E-state index in [1.807, 2.05) is 6.92 Å². The average molecular weight is 193 g/mol. The SMILES string of the molecule is CCCNc1cc(=O)n2[nH]cnc2n1. The van der Waals surface area contributed by atoms with E-state index in [0.717, 1.165) is 13.0 Å². The molecule has 6 nitrogen and oxygen atoms in total. The van der Waals surface area contributed by atoms with E-state index < -0.39 is 0 Å². The summed E-state index contributed by atoms with van der Waals surface area (Å²) < 4.78 is 1.29. The highest BCUT2D eigenvalue weighted by Gasteiger charge is 2.02. The van der Waals surface area contributed by atoms with Gasteiger partial charge in [-0.25, -0.2) is 4.98 Å². The first-order chi connectivity index (χ1) is 6.81. The number of hydrogen-bond donors (Lipinski definition) is 2. The summed E-state index contributed by atoms with van der Waals surface area (Å²) in [6.45, 7) is 2.85. The minimum Gasteiger partial charge on any atom is -0.370 e. The van der Waals surface area contributed by atoms with Crippen LogP contribution in [0.25, 0.3) is 5.78 Å². The van der Waals surface area contributed by atoms with E-state index in [1.165, 1.54) is 16.9 Å². The van der Waals surface area contributed by atoms with E-state index >= 15 is 0 Å². The van der Waals surface area contributed by atoms with Crippen molar-refractivity contribution >= 4 is 11.6 Å². The number of nitrogens with one attached hydrogen (secondary N) is 2. The van der Waals surface area contributed by atoms with Crippen LogP contribution in [0.4, 0.5) is 5.82 Å². The Kier molecular flexibility index (Phi) is 2.18. The molecule has 6 heteroatoms. The molecular formula is C8H11N5O. The van der Waals surface area contributed by atoms with E-state index in [4.69, 9.17) is 0 Å². The van der Waals surface area contributed by atoms with Gasteiger partial charge < -0.3 is 5.32 Å². The molecule has 0 fully saturated rings. The molecule has 0 unspecified atom stereocenters. The molecule has 0 atom stereocenters. The highest BCUT2D eigenvalue weighted by molar-refractivity contribution is 5.40. The largest absolute Gasteiger partial charge is 0.370 e. The van der Waals surface area contributed by atoms with Crippen LogP contribution in [0.3, 0.4) is 0 Å². The fraction of sp³-hybridized carbons (Fsp3) is 0.375. The molecule has 0 aromatic carbocycles. The van der Waals surface area contributed by atoms with Crippen LogP contribution in [-0.4, -0.2) is 26.1 Å². The molecule has 0 spiro atoms. The lowest BCUT2D eigenvalue weighted by molar-refractivity contribution is 0.892. The van der Waals surface area contributed by atoms with E-state index in [1.54, 1.807) is 0 Å². The molecule has 0 bridgehead atoms. The number of aromatic amines is 1. The summed E-state index contributed by atoms with van der Waals surface area (Å²) in [6.07, 6.45) is 2.43. The first kappa shape index (κ1) is 8.74. The van der Waals surface area contributed by atoms with E-state index in [-0.39, 0.29) is 5.56 Å². The van der Waals surface area contributed by atoms with Crippen LogP contribution in [0.5, 0.6) is 0 Å². The number of H-pyrrole nitrogens is 1. The Morgan fingerprint density at radius 1 is 1.64 bits per heavy atom. The van der Waals surface area contributed by atoms with Gasteiger partial charge in [0, 0.05) is 12.6 Å². The van der Waals surface area contributed by atoms with Crippen molar-refractivity contribution in [3.8, 4) is 0 Å². The predicted molar refractivity (Wildman–Crippen MR) is 52.4 cm³/mol. The van der Waals surface area contributed by atoms with Crippen molar-refractivity contribution in [2.75, 3.05) is 11.9 Å². The Morgan fingerprint density at radius 3 is 3.29 bits per heavy atom. The average Bonchev–Trinajstić information content (AvgIpc) is 2.63. The van der Waals surface area contributed by atoms with Gasteiger partial charge in [0.2, 0.25) is 0 Å². The predicted octanol–water partition coefficient (Wildman–Crippen LogP) is 0.239. The van der Waals surface area contributed by atoms with Gasteiger partial charge in [-0.1, -0.05) is 6.92 Å². The summed E-state index contributed by atoms with van der Waals surface area (Å²) in [5, 5.41) is 5.71. The third-order valence-corrected chi connectivity index (χ3v) is 1.82. The van der Waals surface area contributed by atoms with Gasteiger partial charge >= 0.3 is 0 Å². The van der Waals surface area contributed by atoms with Gasteiger partial charge in [0.05, 0.1) is 0 Å². The van der Waals surface area contributed by atoms with E-state index in [2.05, 4.69) is 20.4 Å². The third-order valence-electron chi connectivity index (χ3n) is 1.82. The zero-order chi connectivity index (χ0) is 9.97. The minimum absolute atomic E-state index is 0.161. The molecule has 2 rings (SSSR count). The Hall–Kier alpha value is -1.85. The molecule has 2 N–H and O–H groups in total. The first-order valence-corrected chi connectivity index (χ1v) is 4.48. The summed E-state index contributed by atoms with van der Waals surface area (Å²) in [5.74, 6) is 0.958. The lowest BCUT2D eigenvalue weighted by Crippen LogP contribution is -2.16. The second-order valence-corrected chi connectivity index (χ2v) is 2.93.